The van der Waals surface area contributed by atoms with Gasteiger partial charge in [-0.1, -0.05) is 36.4 Å². The number of rotatable bonds is 7. The number of benzene rings is 3. The Hall–Kier alpha value is -3.80. The Kier molecular flexibility index (Phi) is 5.66. The van der Waals surface area contributed by atoms with Crippen LogP contribution in [0.2, 0.25) is 0 Å². The van der Waals surface area contributed by atoms with Crippen molar-refractivity contribution in [1.82, 2.24) is 9.97 Å². The molecule has 0 saturated carbocycles. The van der Waals surface area contributed by atoms with Gasteiger partial charge in [0.05, 0.1) is 21.3 Å². The number of fused-ring (bicyclic) bond motifs is 1. The van der Waals surface area contributed by atoms with Crippen molar-refractivity contribution >= 4 is 16.6 Å². The van der Waals surface area contributed by atoms with E-state index in [0.717, 1.165) is 22.2 Å². The number of methoxy groups -OCH3 is 3. The fraction of sp³-hybridized carbons (Fsp3) is 0.167. The molecular weight excluding hydrogens is 378 g/mol. The lowest BCUT2D eigenvalue weighted by molar-refractivity contribution is 0.324. The van der Waals surface area contributed by atoms with Gasteiger partial charge in [-0.15, -0.1) is 0 Å². The van der Waals surface area contributed by atoms with E-state index < -0.39 is 0 Å². The van der Waals surface area contributed by atoms with Gasteiger partial charge in [0.15, 0.2) is 17.3 Å². The first-order valence-corrected chi connectivity index (χ1v) is 9.56. The Morgan fingerprint density at radius 3 is 2.17 bits per heavy atom. The van der Waals surface area contributed by atoms with Crippen molar-refractivity contribution in [2.45, 2.75) is 6.54 Å². The molecule has 3 aromatic carbocycles. The minimum Gasteiger partial charge on any atom is -0.493 e. The number of nitrogens with one attached hydrogen (secondary N) is 1. The fourth-order valence-electron chi connectivity index (χ4n) is 3.44. The molecule has 0 fully saturated rings. The van der Waals surface area contributed by atoms with E-state index >= 15 is 0 Å². The average molecular weight is 401 g/mol. The molecule has 0 saturated heterocycles. The van der Waals surface area contributed by atoms with Gasteiger partial charge in [0.25, 0.3) is 0 Å². The third-order valence-corrected chi connectivity index (χ3v) is 4.91. The fourth-order valence-corrected chi connectivity index (χ4v) is 3.44. The molecule has 30 heavy (non-hydrogen) atoms. The molecule has 1 aromatic heterocycles. The lowest BCUT2D eigenvalue weighted by Crippen LogP contribution is -2.05. The highest BCUT2D eigenvalue weighted by Gasteiger charge is 2.14. The predicted molar refractivity (Wildman–Crippen MR) is 118 cm³/mol. The first-order valence-electron chi connectivity index (χ1n) is 9.56. The third kappa shape index (κ3) is 3.85. The Morgan fingerprint density at radius 1 is 0.767 bits per heavy atom. The summed E-state index contributed by atoms with van der Waals surface area (Å²) < 4.78 is 16.3. The second-order valence-corrected chi connectivity index (χ2v) is 6.70. The normalized spacial score (nSPS) is 10.6. The lowest BCUT2D eigenvalue weighted by Gasteiger charge is -2.15. The van der Waals surface area contributed by atoms with Crippen molar-refractivity contribution < 1.29 is 14.2 Å². The van der Waals surface area contributed by atoms with Crippen LogP contribution >= 0.6 is 0 Å². The molecule has 4 aromatic rings. The molecule has 4 rings (SSSR count). The second kappa shape index (κ2) is 8.69. The largest absolute Gasteiger partial charge is 0.493 e. The molecule has 0 radical (unpaired) electrons. The van der Waals surface area contributed by atoms with Crippen LogP contribution in [0.3, 0.4) is 0 Å². The number of nitrogens with zero attached hydrogens (tertiary/aromatic N) is 2. The molecule has 6 heteroatoms. The Labute approximate surface area is 175 Å². The molecule has 0 aliphatic carbocycles. The Bertz CT molecular complexity index is 1150. The summed E-state index contributed by atoms with van der Waals surface area (Å²) >= 11 is 0. The number of anilines is 1. The van der Waals surface area contributed by atoms with Crippen LogP contribution in [0.5, 0.6) is 17.2 Å². The van der Waals surface area contributed by atoms with Crippen LogP contribution in [0.1, 0.15) is 5.56 Å². The van der Waals surface area contributed by atoms with Crippen molar-refractivity contribution in [3.05, 3.63) is 72.6 Å². The van der Waals surface area contributed by atoms with Gasteiger partial charge in [-0.2, -0.15) is 0 Å². The van der Waals surface area contributed by atoms with Gasteiger partial charge >= 0.3 is 0 Å². The zero-order chi connectivity index (χ0) is 20.9. The molecule has 1 N–H and O–H groups in total. The monoisotopic (exact) mass is 401 g/mol. The van der Waals surface area contributed by atoms with Gasteiger partial charge in [0.1, 0.15) is 5.69 Å². The first-order chi connectivity index (χ1) is 14.7. The summed E-state index contributed by atoms with van der Waals surface area (Å²) in [7, 11) is 4.80. The van der Waals surface area contributed by atoms with Crippen LogP contribution in [0, 0.1) is 0 Å². The third-order valence-electron chi connectivity index (χ3n) is 4.91. The van der Waals surface area contributed by atoms with E-state index in [1.54, 1.807) is 33.7 Å². The quantitative estimate of drug-likeness (QED) is 0.473. The molecule has 0 spiro atoms. The molecule has 0 bridgehead atoms. The summed E-state index contributed by atoms with van der Waals surface area (Å²) in [5.74, 6) is 2.51. The van der Waals surface area contributed by atoms with Gasteiger partial charge < -0.3 is 19.5 Å². The second-order valence-electron chi connectivity index (χ2n) is 6.70. The average Bonchev–Trinajstić information content (AvgIpc) is 2.81. The number of aromatic nitrogens is 2. The van der Waals surface area contributed by atoms with E-state index in [-0.39, 0.29) is 0 Å². The molecule has 0 atom stereocenters. The highest BCUT2D eigenvalue weighted by Crippen LogP contribution is 2.38. The maximum absolute atomic E-state index is 5.44. The maximum atomic E-state index is 5.44. The molecule has 0 aliphatic heterocycles. The van der Waals surface area contributed by atoms with Crippen LogP contribution in [0.4, 0.5) is 5.82 Å². The van der Waals surface area contributed by atoms with Crippen molar-refractivity contribution in [1.29, 1.82) is 0 Å². The van der Waals surface area contributed by atoms with E-state index in [1.165, 1.54) is 5.39 Å². The summed E-state index contributed by atoms with van der Waals surface area (Å²) in [6, 6.07) is 18.4. The Morgan fingerprint density at radius 2 is 1.47 bits per heavy atom. The van der Waals surface area contributed by atoms with Crippen LogP contribution in [0.15, 0.2) is 67.0 Å². The Balaban J connectivity index is 1.64. The van der Waals surface area contributed by atoms with E-state index in [4.69, 9.17) is 14.2 Å². The van der Waals surface area contributed by atoms with E-state index in [1.807, 2.05) is 24.3 Å². The van der Waals surface area contributed by atoms with Gasteiger partial charge in [0.2, 0.25) is 5.75 Å². The smallest absolute Gasteiger partial charge is 0.203 e. The summed E-state index contributed by atoms with van der Waals surface area (Å²) in [5, 5.41) is 5.75. The van der Waals surface area contributed by atoms with Gasteiger partial charge in [-0.05, 0) is 34.5 Å². The van der Waals surface area contributed by atoms with Crippen molar-refractivity contribution in [3.8, 4) is 28.5 Å². The zero-order valence-electron chi connectivity index (χ0n) is 17.2. The van der Waals surface area contributed by atoms with Gasteiger partial charge in [-0.3, -0.25) is 4.98 Å². The highest BCUT2D eigenvalue weighted by molar-refractivity contribution is 5.88. The summed E-state index contributed by atoms with van der Waals surface area (Å²) in [6.07, 6.45) is 3.39. The SMILES string of the molecule is COc1cc(CNc2nccnc2-c2ccc3ccccc3c2)cc(OC)c1OC. The predicted octanol–water partition coefficient (Wildman–Crippen LogP) is 4.93. The van der Waals surface area contributed by atoms with Crippen molar-refractivity contribution in [3.63, 3.8) is 0 Å². The number of hydrogen-bond acceptors (Lipinski definition) is 6. The van der Waals surface area contributed by atoms with Crippen LogP contribution in [-0.2, 0) is 6.54 Å². The lowest BCUT2D eigenvalue weighted by atomic mass is 10.0. The summed E-state index contributed by atoms with van der Waals surface area (Å²) in [4.78, 5) is 9.08. The van der Waals surface area contributed by atoms with Gasteiger partial charge in [0, 0.05) is 24.5 Å². The highest BCUT2D eigenvalue weighted by atomic mass is 16.5. The molecule has 0 amide bonds. The minimum absolute atomic E-state index is 0.524. The zero-order valence-corrected chi connectivity index (χ0v) is 17.2. The van der Waals surface area contributed by atoms with Crippen LogP contribution in [0.25, 0.3) is 22.0 Å². The molecule has 152 valence electrons. The maximum Gasteiger partial charge on any atom is 0.203 e. The van der Waals surface area contributed by atoms with Crippen molar-refractivity contribution in [2.24, 2.45) is 0 Å². The number of ether oxygens (including phenoxy) is 3. The van der Waals surface area contributed by atoms with E-state index in [0.29, 0.717) is 29.6 Å². The van der Waals surface area contributed by atoms with E-state index in [2.05, 4.69) is 45.6 Å². The summed E-state index contributed by atoms with van der Waals surface area (Å²) in [6.45, 7) is 0.524. The standard InChI is InChI=1S/C24H23N3O3/c1-28-20-12-16(13-21(29-2)23(20)30-3)15-27-24-22(25-10-11-26-24)19-9-8-17-6-4-5-7-18(17)14-19/h4-14H,15H2,1-3H3,(H,26,27). The summed E-state index contributed by atoms with van der Waals surface area (Å²) in [5.41, 5.74) is 2.78. The minimum atomic E-state index is 0.524. The van der Waals surface area contributed by atoms with Crippen LogP contribution < -0.4 is 19.5 Å². The molecule has 0 unspecified atom stereocenters. The molecular formula is C24H23N3O3. The number of hydrogen-bond donors (Lipinski definition) is 1. The van der Waals surface area contributed by atoms with Crippen LogP contribution in [-0.4, -0.2) is 31.3 Å². The topological polar surface area (TPSA) is 65.5 Å². The van der Waals surface area contributed by atoms with Gasteiger partial charge in [-0.25, -0.2) is 4.98 Å². The molecule has 6 nitrogen and oxygen atoms in total. The first kappa shape index (κ1) is 19.5. The van der Waals surface area contributed by atoms with E-state index in [9.17, 15) is 0 Å². The molecule has 1 heterocycles. The molecule has 0 aliphatic rings. The van der Waals surface area contributed by atoms with Crippen molar-refractivity contribution in [2.75, 3.05) is 26.6 Å².